The second-order valence-corrected chi connectivity index (χ2v) is 4.93. The first kappa shape index (κ1) is 12.3. The standard InChI is InChI=1S/C13H18N6/c1-11-9-18(8-7-14-11)10-13-15-16-17-19(13)12-5-3-2-4-6-12/h2-6,11,14H,7-10H2,1H3. The van der Waals surface area contributed by atoms with Gasteiger partial charge in [-0.05, 0) is 29.5 Å². The van der Waals surface area contributed by atoms with E-state index in [-0.39, 0.29) is 0 Å². The number of tetrazole rings is 1. The van der Waals surface area contributed by atoms with Crippen LogP contribution in [0.25, 0.3) is 5.69 Å². The predicted octanol–water partition coefficient (Wildman–Crippen LogP) is 0.456. The van der Waals surface area contributed by atoms with Gasteiger partial charge in [-0.15, -0.1) is 5.10 Å². The second-order valence-electron chi connectivity index (χ2n) is 4.93. The molecule has 2 aromatic rings. The number of nitrogens with one attached hydrogen (secondary N) is 1. The van der Waals surface area contributed by atoms with E-state index < -0.39 is 0 Å². The first-order valence-electron chi connectivity index (χ1n) is 6.61. The first-order chi connectivity index (χ1) is 9.33. The van der Waals surface area contributed by atoms with Gasteiger partial charge in [0, 0.05) is 25.7 Å². The molecule has 3 rings (SSSR count). The van der Waals surface area contributed by atoms with E-state index in [9.17, 15) is 0 Å². The molecule has 1 aliphatic heterocycles. The maximum atomic E-state index is 4.15. The largest absolute Gasteiger partial charge is 0.312 e. The minimum absolute atomic E-state index is 0.523. The number of para-hydroxylation sites is 1. The maximum Gasteiger partial charge on any atom is 0.170 e. The summed E-state index contributed by atoms with van der Waals surface area (Å²) < 4.78 is 1.81. The van der Waals surface area contributed by atoms with Crippen LogP contribution in [0, 0.1) is 0 Å². The van der Waals surface area contributed by atoms with Crippen molar-refractivity contribution in [2.75, 3.05) is 19.6 Å². The topological polar surface area (TPSA) is 58.9 Å². The molecule has 1 aromatic carbocycles. The molecule has 1 aromatic heterocycles. The molecule has 0 aliphatic carbocycles. The van der Waals surface area contributed by atoms with Crippen molar-refractivity contribution < 1.29 is 0 Å². The van der Waals surface area contributed by atoms with Crippen molar-refractivity contribution in [1.82, 2.24) is 30.4 Å². The van der Waals surface area contributed by atoms with Gasteiger partial charge in [-0.1, -0.05) is 18.2 Å². The Morgan fingerprint density at radius 1 is 1.32 bits per heavy atom. The molecule has 1 unspecified atom stereocenters. The molecular weight excluding hydrogens is 240 g/mol. The molecule has 1 N–H and O–H groups in total. The minimum atomic E-state index is 0.523. The van der Waals surface area contributed by atoms with Crippen molar-refractivity contribution >= 4 is 0 Å². The Morgan fingerprint density at radius 3 is 2.95 bits per heavy atom. The number of aromatic nitrogens is 4. The summed E-state index contributed by atoms with van der Waals surface area (Å²) in [6, 6.07) is 10.5. The molecule has 0 saturated carbocycles. The molecule has 6 heteroatoms. The third-order valence-corrected chi connectivity index (χ3v) is 3.35. The molecule has 100 valence electrons. The van der Waals surface area contributed by atoms with Gasteiger partial charge in [0.25, 0.3) is 0 Å². The van der Waals surface area contributed by atoms with Crippen LogP contribution in [0.5, 0.6) is 0 Å². The fourth-order valence-electron chi connectivity index (χ4n) is 2.43. The van der Waals surface area contributed by atoms with Gasteiger partial charge >= 0.3 is 0 Å². The summed E-state index contributed by atoms with van der Waals surface area (Å²) in [5.41, 5.74) is 1.01. The summed E-state index contributed by atoms with van der Waals surface area (Å²) in [6.07, 6.45) is 0. The highest BCUT2D eigenvalue weighted by atomic mass is 15.5. The van der Waals surface area contributed by atoms with Gasteiger partial charge in [0.15, 0.2) is 5.82 Å². The van der Waals surface area contributed by atoms with Gasteiger partial charge in [-0.25, -0.2) is 0 Å². The predicted molar refractivity (Wildman–Crippen MR) is 71.9 cm³/mol. The van der Waals surface area contributed by atoms with Gasteiger partial charge < -0.3 is 5.32 Å². The highest BCUT2D eigenvalue weighted by Crippen LogP contribution is 2.10. The lowest BCUT2D eigenvalue weighted by Gasteiger charge is -2.31. The fraction of sp³-hybridized carbons (Fsp3) is 0.462. The number of hydrogen-bond donors (Lipinski definition) is 1. The summed E-state index contributed by atoms with van der Waals surface area (Å²) in [5.74, 6) is 0.889. The molecule has 1 atom stereocenters. The zero-order valence-corrected chi connectivity index (χ0v) is 11.0. The van der Waals surface area contributed by atoms with Crippen molar-refractivity contribution in [3.8, 4) is 5.69 Å². The van der Waals surface area contributed by atoms with Crippen molar-refractivity contribution in [2.24, 2.45) is 0 Å². The molecule has 1 saturated heterocycles. The molecule has 1 aliphatic rings. The molecule has 0 amide bonds. The number of piperazine rings is 1. The van der Waals surface area contributed by atoms with Crippen molar-refractivity contribution in [3.05, 3.63) is 36.2 Å². The maximum absolute atomic E-state index is 4.15. The van der Waals surface area contributed by atoms with Crippen LogP contribution in [0.4, 0.5) is 0 Å². The van der Waals surface area contributed by atoms with Crippen LogP contribution in [0.2, 0.25) is 0 Å². The normalized spacial score (nSPS) is 20.6. The summed E-state index contributed by atoms with van der Waals surface area (Å²) in [5, 5.41) is 15.5. The molecule has 1 fully saturated rings. The average molecular weight is 258 g/mol. The minimum Gasteiger partial charge on any atom is -0.312 e. The first-order valence-corrected chi connectivity index (χ1v) is 6.61. The van der Waals surface area contributed by atoms with Gasteiger partial charge in [0.05, 0.1) is 12.2 Å². The van der Waals surface area contributed by atoms with Crippen LogP contribution in [0.3, 0.4) is 0 Å². The quantitative estimate of drug-likeness (QED) is 0.866. The molecule has 0 bridgehead atoms. The summed E-state index contributed by atoms with van der Waals surface area (Å²) in [7, 11) is 0. The Morgan fingerprint density at radius 2 is 2.16 bits per heavy atom. The lowest BCUT2D eigenvalue weighted by Crippen LogP contribution is -2.48. The molecule has 0 radical (unpaired) electrons. The van der Waals surface area contributed by atoms with Gasteiger partial charge in [0.1, 0.15) is 0 Å². The number of hydrogen-bond acceptors (Lipinski definition) is 5. The Kier molecular flexibility index (Phi) is 3.52. The van der Waals surface area contributed by atoms with Crippen LogP contribution < -0.4 is 5.32 Å². The second kappa shape index (κ2) is 5.46. The van der Waals surface area contributed by atoms with Crippen LogP contribution in [0.15, 0.2) is 30.3 Å². The van der Waals surface area contributed by atoms with E-state index in [4.69, 9.17) is 0 Å². The third-order valence-electron chi connectivity index (χ3n) is 3.35. The summed E-state index contributed by atoms with van der Waals surface area (Å²) in [6.45, 7) is 6.07. The van der Waals surface area contributed by atoms with E-state index in [0.29, 0.717) is 6.04 Å². The van der Waals surface area contributed by atoms with E-state index >= 15 is 0 Å². The highest BCUT2D eigenvalue weighted by Gasteiger charge is 2.18. The molecule has 2 heterocycles. The van der Waals surface area contributed by atoms with Gasteiger partial charge in [-0.2, -0.15) is 4.68 Å². The molecule has 19 heavy (non-hydrogen) atoms. The van der Waals surface area contributed by atoms with Crippen molar-refractivity contribution in [3.63, 3.8) is 0 Å². The lowest BCUT2D eigenvalue weighted by atomic mass is 10.2. The van der Waals surface area contributed by atoms with Crippen LogP contribution >= 0.6 is 0 Å². The van der Waals surface area contributed by atoms with E-state index in [2.05, 4.69) is 32.7 Å². The zero-order chi connectivity index (χ0) is 13.1. The SMILES string of the molecule is CC1CN(Cc2nnnn2-c2ccccc2)CCN1. The number of benzene rings is 1. The Labute approximate surface area is 112 Å². The van der Waals surface area contributed by atoms with Gasteiger partial charge in [-0.3, -0.25) is 4.90 Å². The van der Waals surface area contributed by atoms with E-state index in [1.165, 1.54) is 0 Å². The van der Waals surface area contributed by atoms with Crippen molar-refractivity contribution in [1.29, 1.82) is 0 Å². The van der Waals surface area contributed by atoms with Crippen molar-refractivity contribution in [2.45, 2.75) is 19.5 Å². The summed E-state index contributed by atoms with van der Waals surface area (Å²) in [4.78, 5) is 2.38. The Balaban J connectivity index is 1.77. The third kappa shape index (κ3) is 2.80. The van der Waals surface area contributed by atoms with Crippen LogP contribution in [-0.4, -0.2) is 50.8 Å². The molecule has 0 spiro atoms. The number of rotatable bonds is 3. The Hall–Kier alpha value is -1.79. The van der Waals surface area contributed by atoms with E-state index in [1.807, 2.05) is 35.0 Å². The smallest absolute Gasteiger partial charge is 0.170 e. The number of nitrogens with zero attached hydrogens (tertiary/aromatic N) is 5. The highest BCUT2D eigenvalue weighted by molar-refractivity contribution is 5.30. The Bertz CT molecular complexity index is 523. The van der Waals surface area contributed by atoms with Gasteiger partial charge in [0.2, 0.25) is 0 Å². The average Bonchev–Trinajstić information content (AvgIpc) is 2.88. The fourth-order valence-corrected chi connectivity index (χ4v) is 2.43. The lowest BCUT2D eigenvalue weighted by molar-refractivity contribution is 0.194. The van der Waals surface area contributed by atoms with E-state index in [0.717, 1.165) is 37.7 Å². The monoisotopic (exact) mass is 258 g/mol. The zero-order valence-electron chi connectivity index (χ0n) is 11.0. The van der Waals surface area contributed by atoms with Crippen LogP contribution in [-0.2, 0) is 6.54 Å². The van der Waals surface area contributed by atoms with E-state index in [1.54, 1.807) is 0 Å². The molecule has 6 nitrogen and oxygen atoms in total. The van der Waals surface area contributed by atoms with Crippen LogP contribution in [0.1, 0.15) is 12.7 Å². The summed E-state index contributed by atoms with van der Waals surface area (Å²) >= 11 is 0. The molecular formula is C13H18N6.